The number of benzene rings is 4. The van der Waals surface area contributed by atoms with E-state index in [1.54, 1.807) is 0 Å². The van der Waals surface area contributed by atoms with E-state index in [2.05, 4.69) is 102 Å². The van der Waals surface area contributed by atoms with Crippen LogP contribution in [0.15, 0.2) is 109 Å². The van der Waals surface area contributed by atoms with Gasteiger partial charge in [0, 0.05) is 11.4 Å². The molecule has 0 saturated heterocycles. The van der Waals surface area contributed by atoms with Gasteiger partial charge in [-0.05, 0) is 46.5 Å². The first-order chi connectivity index (χ1) is 12.4. The van der Waals surface area contributed by atoms with Crippen LogP contribution in [-0.4, -0.2) is 0 Å². The highest BCUT2D eigenvalue weighted by Gasteiger charge is 2.01. The molecule has 0 radical (unpaired) electrons. The summed E-state index contributed by atoms with van der Waals surface area (Å²) in [6.45, 7) is 0. The van der Waals surface area contributed by atoms with Crippen molar-refractivity contribution in [3.05, 3.63) is 109 Å². The second-order valence-corrected chi connectivity index (χ2v) is 6.02. The van der Waals surface area contributed by atoms with Crippen LogP contribution in [0.5, 0.6) is 0 Å². The molecule has 1 N–H and O–H groups in total. The van der Waals surface area contributed by atoms with Crippen LogP contribution in [0.2, 0.25) is 0 Å². The Morgan fingerprint density at radius 3 is 1.52 bits per heavy atom. The Labute approximate surface area is 148 Å². The molecule has 0 amide bonds. The van der Waals surface area contributed by atoms with Crippen molar-refractivity contribution >= 4 is 11.4 Å². The van der Waals surface area contributed by atoms with Crippen molar-refractivity contribution in [3.63, 3.8) is 0 Å². The normalized spacial score (nSPS) is 10.4. The molecule has 0 spiro atoms. The summed E-state index contributed by atoms with van der Waals surface area (Å²) >= 11 is 0. The number of hydrogen-bond donors (Lipinski definition) is 1. The quantitative estimate of drug-likeness (QED) is 0.437. The molecule has 4 rings (SSSR count). The van der Waals surface area contributed by atoms with E-state index in [0.29, 0.717) is 0 Å². The van der Waals surface area contributed by atoms with E-state index in [1.165, 1.54) is 22.3 Å². The van der Waals surface area contributed by atoms with Crippen LogP contribution in [0.25, 0.3) is 22.3 Å². The van der Waals surface area contributed by atoms with Gasteiger partial charge in [-0.2, -0.15) is 0 Å². The van der Waals surface area contributed by atoms with E-state index in [0.717, 1.165) is 11.4 Å². The minimum atomic E-state index is 1.09. The highest BCUT2D eigenvalue weighted by Crippen LogP contribution is 2.26. The van der Waals surface area contributed by atoms with Gasteiger partial charge in [-0.25, -0.2) is 0 Å². The lowest BCUT2D eigenvalue weighted by atomic mass is 10.0. The van der Waals surface area contributed by atoms with Crippen molar-refractivity contribution in [3.8, 4) is 22.3 Å². The van der Waals surface area contributed by atoms with Crippen LogP contribution >= 0.6 is 0 Å². The van der Waals surface area contributed by atoms with E-state index in [1.807, 2.05) is 12.1 Å². The molecular weight excluding hydrogens is 302 g/mol. The van der Waals surface area contributed by atoms with E-state index in [9.17, 15) is 0 Å². The fraction of sp³-hybridized carbons (Fsp3) is 0. The Morgan fingerprint density at radius 2 is 0.880 bits per heavy atom. The van der Waals surface area contributed by atoms with Crippen molar-refractivity contribution < 1.29 is 0 Å². The van der Waals surface area contributed by atoms with Gasteiger partial charge in [-0.15, -0.1) is 0 Å². The molecule has 25 heavy (non-hydrogen) atoms. The molecule has 1 heteroatoms. The zero-order chi connectivity index (χ0) is 16.9. The fourth-order valence-corrected chi connectivity index (χ4v) is 2.95. The molecule has 0 saturated carbocycles. The molecule has 0 aliphatic carbocycles. The molecule has 0 bridgehead atoms. The van der Waals surface area contributed by atoms with Crippen molar-refractivity contribution in [1.82, 2.24) is 0 Å². The summed E-state index contributed by atoms with van der Waals surface area (Å²) in [6.07, 6.45) is 0. The van der Waals surface area contributed by atoms with Crippen molar-refractivity contribution in [2.24, 2.45) is 0 Å². The van der Waals surface area contributed by atoms with Crippen LogP contribution in [-0.2, 0) is 0 Å². The van der Waals surface area contributed by atoms with Crippen LogP contribution < -0.4 is 5.32 Å². The first-order valence-corrected chi connectivity index (χ1v) is 8.46. The summed E-state index contributed by atoms with van der Waals surface area (Å²) in [6, 6.07) is 37.9. The largest absolute Gasteiger partial charge is 0.356 e. The third-order valence-electron chi connectivity index (χ3n) is 4.25. The van der Waals surface area contributed by atoms with Crippen molar-refractivity contribution in [1.29, 1.82) is 0 Å². The van der Waals surface area contributed by atoms with Gasteiger partial charge >= 0.3 is 0 Å². The van der Waals surface area contributed by atoms with Gasteiger partial charge in [0.25, 0.3) is 0 Å². The standard InChI is InChI=1S/C24H19N/c1-3-8-19(9-4-1)21-14-16-23(17-15-21)25-24-13-7-12-22(18-24)20-10-5-2-6-11-20/h1-18,25H. The molecule has 0 fully saturated rings. The Morgan fingerprint density at radius 1 is 0.360 bits per heavy atom. The SMILES string of the molecule is c1ccc(-c2ccc(Nc3cccc(-c4ccccc4)c3)cc2)cc1. The molecule has 120 valence electrons. The molecule has 0 heterocycles. The number of hydrogen-bond acceptors (Lipinski definition) is 1. The predicted octanol–water partition coefficient (Wildman–Crippen LogP) is 6.76. The molecule has 0 aliphatic heterocycles. The van der Waals surface area contributed by atoms with Gasteiger partial charge < -0.3 is 5.32 Å². The van der Waals surface area contributed by atoms with Crippen molar-refractivity contribution in [2.75, 3.05) is 5.32 Å². The van der Waals surface area contributed by atoms with Gasteiger partial charge in [0.05, 0.1) is 0 Å². The molecule has 0 atom stereocenters. The zero-order valence-electron chi connectivity index (χ0n) is 13.9. The topological polar surface area (TPSA) is 12.0 Å². The Hall–Kier alpha value is -3.32. The molecule has 1 nitrogen and oxygen atoms in total. The maximum atomic E-state index is 3.49. The number of anilines is 2. The molecule has 0 aromatic heterocycles. The summed E-state index contributed by atoms with van der Waals surface area (Å²) in [5.74, 6) is 0. The van der Waals surface area contributed by atoms with E-state index in [-0.39, 0.29) is 0 Å². The Bertz CT molecular complexity index is 942. The summed E-state index contributed by atoms with van der Waals surface area (Å²) in [4.78, 5) is 0. The Kier molecular flexibility index (Phi) is 4.30. The summed E-state index contributed by atoms with van der Waals surface area (Å²) in [7, 11) is 0. The maximum absolute atomic E-state index is 3.49. The van der Waals surface area contributed by atoms with Gasteiger partial charge in [0.2, 0.25) is 0 Å². The lowest BCUT2D eigenvalue weighted by molar-refractivity contribution is 1.53. The number of rotatable bonds is 4. The highest BCUT2D eigenvalue weighted by atomic mass is 14.9. The summed E-state index contributed by atoms with van der Waals surface area (Å²) < 4.78 is 0. The van der Waals surface area contributed by atoms with Crippen LogP contribution in [0.4, 0.5) is 11.4 Å². The average molecular weight is 321 g/mol. The van der Waals surface area contributed by atoms with Gasteiger partial charge in [0.1, 0.15) is 0 Å². The lowest BCUT2D eigenvalue weighted by Gasteiger charge is -2.10. The third-order valence-corrected chi connectivity index (χ3v) is 4.25. The molecule has 4 aromatic carbocycles. The minimum Gasteiger partial charge on any atom is -0.356 e. The number of nitrogens with one attached hydrogen (secondary N) is 1. The second-order valence-electron chi connectivity index (χ2n) is 6.02. The molecule has 4 aromatic rings. The van der Waals surface area contributed by atoms with E-state index >= 15 is 0 Å². The van der Waals surface area contributed by atoms with Crippen molar-refractivity contribution in [2.45, 2.75) is 0 Å². The van der Waals surface area contributed by atoms with Crippen LogP contribution in [0, 0.1) is 0 Å². The zero-order valence-corrected chi connectivity index (χ0v) is 13.9. The smallest absolute Gasteiger partial charge is 0.0390 e. The lowest BCUT2D eigenvalue weighted by Crippen LogP contribution is -1.90. The van der Waals surface area contributed by atoms with Gasteiger partial charge in [-0.3, -0.25) is 0 Å². The van der Waals surface area contributed by atoms with Crippen LogP contribution in [0.1, 0.15) is 0 Å². The van der Waals surface area contributed by atoms with Gasteiger partial charge in [-0.1, -0.05) is 84.9 Å². The molecule has 0 aliphatic rings. The first kappa shape index (κ1) is 15.2. The van der Waals surface area contributed by atoms with Gasteiger partial charge in [0.15, 0.2) is 0 Å². The molecule has 0 unspecified atom stereocenters. The predicted molar refractivity (Wildman–Crippen MR) is 107 cm³/mol. The maximum Gasteiger partial charge on any atom is 0.0390 e. The third kappa shape index (κ3) is 3.61. The van der Waals surface area contributed by atoms with Crippen LogP contribution in [0.3, 0.4) is 0 Å². The average Bonchev–Trinajstić information content (AvgIpc) is 2.70. The highest BCUT2D eigenvalue weighted by molar-refractivity contribution is 5.72. The minimum absolute atomic E-state index is 1.09. The van der Waals surface area contributed by atoms with E-state index in [4.69, 9.17) is 0 Å². The second kappa shape index (κ2) is 7.06. The Balaban J connectivity index is 1.55. The fourth-order valence-electron chi connectivity index (χ4n) is 2.95. The first-order valence-electron chi connectivity index (χ1n) is 8.46. The monoisotopic (exact) mass is 321 g/mol. The molecular formula is C24H19N. The summed E-state index contributed by atoms with van der Waals surface area (Å²) in [5, 5.41) is 3.49. The summed E-state index contributed by atoms with van der Waals surface area (Å²) in [5.41, 5.74) is 7.08. The van der Waals surface area contributed by atoms with E-state index < -0.39 is 0 Å².